The SMILES string of the molecule is O=C(O)c1cnc2n(c1=O)CCCC2Br. The molecule has 0 radical (unpaired) electrons. The molecule has 0 spiro atoms. The first-order valence-electron chi connectivity index (χ1n) is 4.58. The number of carboxylic acid groups (broad SMARTS) is 1. The van der Waals surface area contributed by atoms with Crippen LogP contribution in [0.25, 0.3) is 0 Å². The zero-order valence-corrected chi connectivity index (χ0v) is 9.40. The van der Waals surface area contributed by atoms with Crippen LogP contribution in [0.2, 0.25) is 0 Å². The van der Waals surface area contributed by atoms with Crippen LogP contribution in [0.3, 0.4) is 0 Å². The molecule has 2 heterocycles. The number of halogens is 1. The van der Waals surface area contributed by atoms with E-state index in [-0.39, 0.29) is 10.4 Å². The van der Waals surface area contributed by atoms with Crippen LogP contribution in [0.1, 0.15) is 33.9 Å². The van der Waals surface area contributed by atoms with E-state index < -0.39 is 11.5 Å². The average Bonchev–Trinajstić information content (AvgIpc) is 2.19. The minimum atomic E-state index is -1.22. The monoisotopic (exact) mass is 272 g/mol. The molecule has 0 saturated heterocycles. The van der Waals surface area contributed by atoms with Gasteiger partial charge >= 0.3 is 5.97 Å². The third-order valence-corrected chi connectivity index (χ3v) is 3.30. The maximum Gasteiger partial charge on any atom is 0.342 e. The first-order valence-corrected chi connectivity index (χ1v) is 5.50. The van der Waals surface area contributed by atoms with E-state index in [2.05, 4.69) is 20.9 Å². The van der Waals surface area contributed by atoms with Crippen molar-refractivity contribution in [2.24, 2.45) is 0 Å². The number of aromatic nitrogens is 2. The van der Waals surface area contributed by atoms with Gasteiger partial charge in [0.1, 0.15) is 11.4 Å². The van der Waals surface area contributed by atoms with Crippen LogP contribution in [0.5, 0.6) is 0 Å². The van der Waals surface area contributed by atoms with Crippen LogP contribution >= 0.6 is 15.9 Å². The molecule has 80 valence electrons. The molecular weight excluding hydrogens is 264 g/mol. The van der Waals surface area contributed by atoms with Gasteiger partial charge in [0.2, 0.25) is 0 Å². The molecule has 5 nitrogen and oxygen atoms in total. The largest absolute Gasteiger partial charge is 0.477 e. The number of fused-ring (bicyclic) bond motifs is 1. The van der Waals surface area contributed by atoms with Gasteiger partial charge in [-0.05, 0) is 12.8 Å². The van der Waals surface area contributed by atoms with Crippen molar-refractivity contribution in [3.8, 4) is 0 Å². The molecule has 0 fully saturated rings. The van der Waals surface area contributed by atoms with E-state index >= 15 is 0 Å². The summed E-state index contributed by atoms with van der Waals surface area (Å²) in [6, 6.07) is 0. The summed E-state index contributed by atoms with van der Waals surface area (Å²) in [6.07, 6.45) is 2.91. The number of nitrogens with zero attached hydrogens (tertiary/aromatic N) is 2. The van der Waals surface area contributed by atoms with Gasteiger partial charge in [-0.3, -0.25) is 9.36 Å². The Labute approximate surface area is 93.9 Å². The van der Waals surface area contributed by atoms with Gasteiger partial charge in [0.15, 0.2) is 0 Å². The molecule has 1 aromatic heterocycles. The molecule has 1 aliphatic heterocycles. The number of hydrogen-bond donors (Lipinski definition) is 1. The Bertz CT molecular complexity index is 469. The molecule has 0 amide bonds. The summed E-state index contributed by atoms with van der Waals surface area (Å²) >= 11 is 3.41. The summed E-state index contributed by atoms with van der Waals surface area (Å²) in [7, 11) is 0. The van der Waals surface area contributed by atoms with Crippen LogP contribution in [0.15, 0.2) is 11.0 Å². The normalized spacial score (nSPS) is 19.7. The van der Waals surface area contributed by atoms with Crippen LogP contribution in [-0.2, 0) is 6.54 Å². The molecular formula is C9H9BrN2O3. The lowest BCUT2D eigenvalue weighted by molar-refractivity contribution is 0.0693. The van der Waals surface area contributed by atoms with Crippen molar-refractivity contribution in [1.29, 1.82) is 0 Å². The molecule has 0 aliphatic carbocycles. The quantitative estimate of drug-likeness (QED) is 0.779. The van der Waals surface area contributed by atoms with Gasteiger partial charge in [0.05, 0.1) is 4.83 Å². The maximum absolute atomic E-state index is 11.7. The van der Waals surface area contributed by atoms with E-state index in [0.29, 0.717) is 12.4 Å². The Kier molecular flexibility index (Phi) is 2.60. The maximum atomic E-state index is 11.7. The summed E-state index contributed by atoms with van der Waals surface area (Å²) < 4.78 is 1.44. The Balaban J connectivity index is 2.62. The molecule has 0 bridgehead atoms. The predicted molar refractivity (Wildman–Crippen MR) is 56.4 cm³/mol. The zero-order valence-electron chi connectivity index (χ0n) is 7.81. The number of rotatable bonds is 1. The molecule has 6 heteroatoms. The Morgan fingerprint density at radius 3 is 3.07 bits per heavy atom. The molecule has 1 N–H and O–H groups in total. The second-order valence-electron chi connectivity index (χ2n) is 3.40. The molecule has 2 rings (SSSR count). The van der Waals surface area contributed by atoms with Crippen LogP contribution < -0.4 is 5.56 Å². The van der Waals surface area contributed by atoms with Gasteiger partial charge in [-0.25, -0.2) is 9.78 Å². The van der Waals surface area contributed by atoms with Gasteiger partial charge in [0.25, 0.3) is 5.56 Å². The topological polar surface area (TPSA) is 72.2 Å². The molecule has 0 saturated carbocycles. The lowest BCUT2D eigenvalue weighted by Gasteiger charge is -2.21. The van der Waals surface area contributed by atoms with E-state index in [0.717, 1.165) is 19.0 Å². The molecule has 15 heavy (non-hydrogen) atoms. The average molecular weight is 273 g/mol. The summed E-state index contributed by atoms with van der Waals surface area (Å²) in [5.74, 6) is -0.601. The van der Waals surface area contributed by atoms with Gasteiger partial charge in [-0.1, -0.05) is 15.9 Å². The number of carboxylic acids is 1. The molecule has 1 unspecified atom stereocenters. The number of carbonyl (C=O) groups is 1. The third-order valence-electron chi connectivity index (χ3n) is 2.43. The van der Waals surface area contributed by atoms with Crippen LogP contribution in [0.4, 0.5) is 0 Å². The number of hydrogen-bond acceptors (Lipinski definition) is 3. The second-order valence-corrected chi connectivity index (χ2v) is 4.51. The van der Waals surface area contributed by atoms with E-state index in [1.165, 1.54) is 4.57 Å². The van der Waals surface area contributed by atoms with E-state index in [9.17, 15) is 9.59 Å². The summed E-state index contributed by atoms with van der Waals surface area (Å²) in [4.78, 5) is 26.5. The summed E-state index contributed by atoms with van der Waals surface area (Å²) in [5, 5.41) is 8.77. The number of alkyl halides is 1. The summed E-state index contributed by atoms with van der Waals surface area (Å²) in [6.45, 7) is 0.546. The van der Waals surface area contributed by atoms with Crippen molar-refractivity contribution in [2.45, 2.75) is 24.2 Å². The molecule has 0 aromatic carbocycles. The van der Waals surface area contributed by atoms with E-state index in [4.69, 9.17) is 5.11 Å². The first kappa shape index (κ1) is 10.4. The highest BCUT2D eigenvalue weighted by Crippen LogP contribution is 2.29. The van der Waals surface area contributed by atoms with Crippen molar-refractivity contribution in [2.75, 3.05) is 0 Å². The van der Waals surface area contributed by atoms with Crippen molar-refractivity contribution in [1.82, 2.24) is 9.55 Å². The fraction of sp³-hybridized carbons (Fsp3) is 0.444. The molecule has 1 atom stereocenters. The minimum absolute atomic E-state index is 0.0433. The lowest BCUT2D eigenvalue weighted by atomic mass is 10.1. The van der Waals surface area contributed by atoms with E-state index in [1.807, 2.05) is 0 Å². The lowest BCUT2D eigenvalue weighted by Crippen LogP contribution is -2.32. The van der Waals surface area contributed by atoms with Crippen molar-refractivity contribution >= 4 is 21.9 Å². The van der Waals surface area contributed by atoms with Crippen molar-refractivity contribution < 1.29 is 9.90 Å². The molecule has 1 aromatic rings. The highest BCUT2D eigenvalue weighted by Gasteiger charge is 2.22. The van der Waals surface area contributed by atoms with Crippen LogP contribution in [-0.4, -0.2) is 20.6 Å². The Morgan fingerprint density at radius 1 is 1.67 bits per heavy atom. The zero-order chi connectivity index (χ0) is 11.0. The minimum Gasteiger partial charge on any atom is -0.477 e. The van der Waals surface area contributed by atoms with Gasteiger partial charge in [0, 0.05) is 12.7 Å². The number of aromatic carboxylic acids is 1. The van der Waals surface area contributed by atoms with Gasteiger partial charge in [-0.2, -0.15) is 0 Å². The highest BCUT2D eigenvalue weighted by atomic mass is 79.9. The third kappa shape index (κ3) is 1.69. The van der Waals surface area contributed by atoms with Gasteiger partial charge in [-0.15, -0.1) is 0 Å². The highest BCUT2D eigenvalue weighted by molar-refractivity contribution is 9.09. The molecule has 1 aliphatic rings. The second kappa shape index (κ2) is 3.77. The van der Waals surface area contributed by atoms with Crippen molar-refractivity contribution in [3.63, 3.8) is 0 Å². The predicted octanol–water partition coefficient (Wildman–Crippen LogP) is 1.17. The smallest absolute Gasteiger partial charge is 0.342 e. The standard InChI is InChI=1S/C9H9BrN2O3/c10-6-2-1-3-12-7(6)11-4-5(8(12)13)9(14)15/h4,6H,1-3H2,(H,14,15). The van der Waals surface area contributed by atoms with Crippen LogP contribution in [0, 0.1) is 0 Å². The van der Waals surface area contributed by atoms with E-state index in [1.54, 1.807) is 0 Å². The van der Waals surface area contributed by atoms with Gasteiger partial charge < -0.3 is 5.11 Å². The Hall–Kier alpha value is -1.17. The fourth-order valence-corrected chi connectivity index (χ4v) is 2.36. The Morgan fingerprint density at radius 2 is 2.40 bits per heavy atom. The van der Waals surface area contributed by atoms with Crippen molar-refractivity contribution in [3.05, 3.63) is 27.9 Å². The first-order chi connectivity index (χ1) is 7.11. The fourth-order valence-electron chi connectivity index (χ4n) is 1.68. The summed E-state index contributed by atoms with van der Waals surface area (Å²) in [5.41, 5.74) is -0.725.